The number of carbonyl (C=O) groups excluding carboxylic acids is 2. The number of ether oxygens (including phenoxy) is 2. The van der Waals surface area contributed by atoms with Gasteiger partial charge in [0.05, 0.1) is 25.9 Å². The molecular weight excluding hydrogens is 591 g/mol. The van der Waals surface area contributed by atoms with Crippen molar-refractivity contribution in [1.29, 1.82) is 0 Å². The first-order valence-corrected chi connectivity index (χ1v) is 13.9. The Labute approximate surface area is 239 Å². The average Bonchev–Trinajstić information content (AvgIpc) is 3.14. The molecule has 2 fully saturated rings. The van der Waals surface area contributed by atoms with Crippen molar-refractivity contribution < 1.29 is 19.1 Å². The number of amides is 2. The number of halogens is 3. The topological polar surface area (TPSA) is 76.7 Å². The quantitative estimate of drug-likeness (QED) is 0.348. The zero-order valence-electron chi connectivity index (χ0n) is 20.5. The van der Waals surface area contributed by atoms with Crippen molar-refractivity contribution in [3.63, 3.8) is 0 Å². The summed E-state index contributed by atoms with van der Waals surface area (Å²) in [7, 11) is 0. The number of rotatable bonds is 5. The molecular formula is C29H25BrCl2N2O4. The summed E-state index contributed by atoms with van der Waals surface area (Å²) < 4.78 is 12.6. The second-order valence-electron chi connectivity index (χ2n) is 10.6. The SMILES string of the molecule is CC1(COc2ccc(Br)cc2[C@H]2NC(=O)C[C@@H](c3cccc(Cl)c3)[C@]23C(=O)Nc2cc(Cl)ccc23)COC1. The first-order chi connectivity index (χ1) is 18.2. The lowest BCUT2D eigenvalue weighted by molar-refractivity contribution is -0.131. The van der Waals surface area contributed by atoms with Gasteiger partial charge in [0.15, 0.2) is 0 Å². The van der Waals surface area contributed by atoms with Gasteiger partial charge in [-0.2, -0.15) is 0 Å². The van der Waals surface area contributed by atoms with Crippen molar-refractivity contribution in [3.8, 4) is 5.75 Å². The molecule has 0 unspecified atom stereocenters. The van der Waals surface area contributed by atoms with Crippen LogP contribution >= 0.6 is 39.1 Å². The highest BCUT2D eigenvalue weighted by atomic mass is 79.9. The van der Waals surface area contributed by atoms with Crippen molar-refractivity contribution in [2.75, 3.05) is 25.1 Å². The Balaban J connectivity index is 1.56. The summed E-state index contributed by atoms with van der Waals surface area (Å²) in [5.74, 6) is -0.263. The fraction of sp³-hybridized carbons (Fsp3) is 0.310. The van der Waals surface area contributed by atoms with Crippen LogP contribution < -0.4 is 15.4 Å². The van der Waals surface area contributed by atoms with Gasteiger partial charge in [-0.15, -0.1) is 0 Å². The minimum Gasteiger partial charge on any atom is -0.492 e. The number of fused-ring (bicyclic) bond motifs is 2. The van der Waals surface area contributed by atoms with E-state index in [1.165, 1.54) is 0 Å². The van der Waals surface area contributed by atoms with Crippen LogP contribution in [0.15, 0.2) is 65.1 Å². The molecule has 2 amide bonds. The average molecular weight is 616 g/mol. The van der Waals surface area contributed by atoms with E-state index in [1.54, 1.807) is 18.2 Å². The molecule has 6 rings (SSSR count). The maximum absolute atomic E-state index is 14.2. The standard InChI is InChI=1S/C29H25BrCl2N2O4/c1-28(13-37-14-28)15-38-24-8-5-17(30)10-20(24)26-29(21-7-6-19(32)11-23(21)33-27(29)36)22(12-25(35)34-26)16-3-2-4-18(31)9-16/h2-11,22,26H,12-15H2,1H3,(H,33,36)(H,34,35)/t22-,26+,29-/m0/s1. The highest BCUT2D eigenvalue weighted by Gasteiger charge is 2.61. The van der Waals surface area contributed by atoms with E-state index in [0.717, 1.165) is 15.6 Å². The van der Waals surface area contributed by atoms with Gasteiger partial charge in [-0.05, 0) is 53.6 Å². The molecule has 2 N–H and O–H groups in total. The second-order valence-corrected chi connectivity index (χ2v) is 12.4. The second kappa shape index (κ2) is 9.56. The van der Waals surface area contributed by atoms with Gasteiger partial charge in [-0.25, -0.2) is 0 Å². The monoisotopic (exact) mass is 614 g/mol. The van der Waals surface area contributed by atoms with E-state index in [9.17, 15) is 9.59 Å². The highest BCUT2D eigenvalue weighted by molar-refractivity contribution is 9.10. The van der Waals surface area contributed by atoms with E-state index in [-0.39, 0.29) is 23.7 Å². The van der Waals surface area contributed by atoms with E-state index in [1.807, 2.05) is 42.5 Å². The molecule has 0 saturated carbocycles. The number of carbonyl (C=O) groups is 2. The van der Waals surface area contributed by atoms with Gasteiger partial charge in [-0.1, -0.05) is 64.3 Å². The molecule has 3 atom stereocenters. The number of benzene rings is 3. The summed E-state index contributed by atoms with van der Waals surface area (Å²) in [6, 6.07) is 17.8. The molecule has 196 valence electrons. The maximum atomic E-state index is 14.2. The lowest BCUT2D eigenvalue weighted by Gasteiger charge is -2.47. The van der Waals surface area contributed by atoms with Crippen LogP contribution in [0.5, 0.6) is 5.75 Å². The highest BCUT2D eigenvalue weighted by Crippen LogP contribution is 2.58. The Morgan fingerprint density at radius 1 is 1.05 bits per heavy atom. The fourth-order valence-electron chi connectivity index (χ4n) is 5.93. The van der Waals surface area contributed by atoms with Gasteiger partial charge in [0, 0.05) is 43.5 Å². The first kappa shape index (κ1) is 25.7. The van der Waals surface area contributed by atoms with Crippen molar-refractivity contribution in [2.45, 2.75) is 30.7 Å². The molecule has 3 aromatic rings. The first-order valence-electron chi connectivity index (χ1n) is 12.4. The molecule has 9 heteroatoms. The van der Waals surface area contributed by atoms with Crippen molar-refractivity contribution in [1.82, 2.24) is 5.32 Å². The van der Waals surface area contributed by atoms with E-state index in [4.69, 9.17) is 32.7 Å². The third-order valence-corrected chi connectivity index (χ3v) is 8.73. The number of piperidine rings is 1. The van der Waals surface area contributed by atoms with Crippen molar-refractivity contribution >= 4 is 56.6 Å². The summed E-state index contributed by atoms with van der Waals surface area (Å²) >= 11 is 16.3. The van der Waals surface area contributed by atoms with Crippen LogP contribution in [0.25, 0.3) is 0 Å². The molecule has 3 aromatic carbocycles. The fourth-order valence-corrected chi connectivity index (χ4v) is 6.68. The molecule has 0 bridgehead atoms. The minimum atomic E-state index is -1.18. The van der Waals surface area contributed by atoms with Crippen molar-refractivity contribution in [3.05, 3.63) is 91.9 Å². The molecule has 0 radical (unpaired) electrons. The third kappa shape index (κ3) is 4.20. The molecule has 3 aliphatic rings. The number of nitrogens with one attached hydrogen (secondary N) is 2. The van der Waals surface area contributed by atoms with Crippen LogP contribution in [-0.2, 0) is 19.7 Å². The van der Waals surface area contributed by atoms with Gasteiger partial charge in [0.2, 0.25) is 11.8 Å². The van der Waals surface area contributed by atoms with Crippen LogP contribution in [-0.4, -0.2) is 31.6 Å². The van der Waals surface area contributed by atoms with Crippen LogP contribution in [0.4, 0.5) is 5.69 Å². The normalized spacial score (nSPS) is 25.4. The summed E-state index contributed by atoms with van der Waals surface area (Å²) in [6.45, 7) is 3.80. The lowest BCUT2D eigenvalue weighted by Crippen LogP contribution is -2.57. The van der Waals surface area contributed by atoms with Crippen LogP contribution in [0.1, 0.15) is 42.0 Å². The summed E-state index contributed by atoms with van der Waals surface area (Å²) in [5, 5.41) is 7.28. The van der Waals surface area contributed by atoms with Crippen LogP contribution in [0.3, 0.4) is 0 Å². The van der Waals surface area contributed by atoms with Gasteiger partial charge in [-0.3, -0.25) is 9.59 Å². The Bertz CT molecular complexity index is 1460. The summed E-state index contributed by atoms with van der Waals surface area (Å²) in [6.07, 6.45) is 0.117. The zero-order chi connectivity index (χ0) is 26.7. The maximum Gasteiger partial charge on any atom is 0.238 e. The molecule has 1 spiro atoms. The van der Waals surface area contributed by atoms with Gasteiger partial charge in [0.25, 0.3) is 0 Å². The van der Waals surface area contributed by atoms with E-state index < -0.39 is 17.4 Å². The molecule has 38 heavy (non-hydrogen) atoms. The molecule has 6 nitrogen and oxygen atoms in total. The summed E-state index contributed by atoms with van der Waals surface area (Å²) in [5.41, 5.74) is 1.66. The molecule has 0 aromatic heterocycles. The Morgan fingerprint density at radius 2 is 1.84 bits per heavy atom. The molecule has 3 aliphatic heterocycles. The van der Waals surface area contributed by atoms with E-state index in [0.29, 0.717) is 46.9 Å². The van der Waals surface area contributed by atoms with Gasteiger partial charge in [0.1, 0.15) is 11.2 Å². The largest absolute Gasteiger partial charge is 0.492 e. The molecule has 2 saturated heterocycles. The molecule has 0 aliphatic carbocycles. The molecule has 3 heterocycles. The summed E-state index contributed by atoms with van der Waals surface area (Å²) in [4.78, 5) is 27.6. The van der Waals surface area contributed by atoms with Crippen LogP contribution in [0, 0.1) is 5.41 Å². The minimum absolute atomic E-state index is 0.0880. The lowest BCUT2D eigenvalue weighted by atomic mass is 9.59. The van der Waals surface area contributed by atoms with Gasteiger partial charge < -0.3 is 20.1 Å². The Kier molecular flexibility index (Phi) is 6.46. The van der Waals surface area contributed by atoms with E-state index in [2.05, 4.69) is 33.5 Å². The third-order valence-electron chi connectivity index (χ3n) is 7.76. The Hall–Kier alpha value is -2.58. The predicted molar refractivity (Wildman–Crippen MR) is 150 cm³/mol. The number of anilines is 1. The van der Waals surface area contributed by atoms with E-state index >= 15 is 0 Å². The van der Waals surface area contributed by atoms with Crippen molar-refractivity contribution in [2.24, 2.45) is 5.41 Å². The van der Waals surface area contributed by atoms with Gasteiger partial charge >= 0.3 is 0 Å². The smallest absolute Gasteiger partial charge is 0.238 e. The predicted octanol–water partition coefficient (Wildman–Crippen LogP) is 6.41. The zero-order valence-corrected chi connectivity index (χ0v) is 23.6. The number of hydrogen-bond acceptors (Lipinski definition) is 4. The number of hydrogen-bond donors (Lipinski definition) is 2. The Morgan fingerprint density at radius 3 is 2.58 bits per heavy atom. The van der Waals surface area contributed by atoms with Crippen LogP contribution in [0.2, 0.25) is 10.0 Å².